The molecule has 1 aromatic carbocycles. The summed E-state index contributed by atoms with van der Waals surface area (Å²) in [7, 11) is 0. The van der Waals surface area contributed by atoms with Crippen LogP contribution >= 0.6 is 0 Å². The molecule has 1 aliphatic rings. The highest BCUT2D eigenvalue weighted by Crippen LogP contribution is 2.19. The van der Waals surface area contributed by atoms with Crippen LogP contribution in [0.2, 0.25) is 0 Å². The average molecular weight is 299 g/mol. The normalized spacial score (nSPS) is 17.0. The Kier molecular flexibility index (Phi) is 4.53. The number of imidazole rings is 1. The number of aliphatic hydroxyl groups excluding tert-OH is 1. The molecule has 2 N–H and O–H groups in total. The number of carbonyl (C=O) groups is 1. The second kappa shape index (κ2) is 6.75. The molecule has 22 heavy (non-hydrogen) atoms. The lowest BCUT2D eigenvalue weighted by molar-refractivity contribution is -0.125. The van der Waals surface area contributed by atoms with Gasteiger partial charge in [0.15, 0.2) is 0 Å². The number of aryl methyl sites for hydroxylation is 1. The van der Waals surface area contributed by atoms with Crippen molar-refractivity contribution < 1.29 is 9.90 Å². The van der Waals surface area contributed by atoms with Gasteiger partial charge < -0.3 is 15.0 Å². The molecular formula is C17H21N3O2. The molecular weight excluding hydrogens is 278 g/mol. The Labute approximate surface area is 130 Å². The number of nitrogens with zero attached hydrogens (tertiary/aromatic N) is 2. The van der Waals surface area contributed by atoms with Crippen LogP contribution in [0.15, 0.2) is 36.8 Å². The van der Waals surface area contributed by atoms with E-state index in [4.69, 9.17) is 5.11 Å². The molecule has 0 bridgehead atoms. The molecule has 0 saturated carbocycles. The minimum Gasteiger partial charge on any atom is -0.392 e. The van der Waals surface area contributed by atoms with Gasteiger partial charge in [-0.05, 0) is 24.0 Å². The first-order chi connectivity index (χ1) is 10.8. The van der Waals surface area contributed by atoms with Crippen molar-refractivity contribution in [3.63, 3.8) is 0 Å². The molecule has 1 unspecified atom stereocenters. The predicted octanol–water partition coefficient (Wildman–Crippen LogP) is 1.30. The van der Waals surface area contributed by atoms with Crippen molar-refractivity contribution in [3.8, 4) is 0 Å². The SMILES string of the molecule is O=C(NCCc1ccc(CO)cc1)C1CCn2cncc2C1. The maximum atomic E-state index is 12.2. The molecule has 0 aliphatic carbocycles. The van der Waals surface area contributed by atoms with E-state index in [0.29, 0.717) is 6.54 Å². The van der Waals surface area contributed by atoms with Crippen molar-refractivity contribution in [1.82, 2.24) is 14.9 Å². The van der Waals surface area contributed by atoms with Crippen LogP contribution in [0.4, 0.5) is 0 Å². The van der Waals surface area contributed by atoms with E-state index in [9.17, 15) is 4.79 Å². The summed E-state index contributed by atoms with van der Waals surface area (Å²) in [5, 5.41) is 12.0. The topological polar surface area (TPSA) is 67.2 Å². The lowest BCUT2D eigenvalue weighted by Gasteiger charge is -2.23. The summed E-state index contributed by atoms with van der Waals surface area (Å²) in [6.45, 7) is 1.58. The fourth-order valence-corrected chi connectivity index (χ4v) is 2.88. The molecule has 116 valence electrons. The number of amides is 1. The number of carbonyl (C=O) groups excluding carboxylic acids is 1. The number of aromatic nitrogens is 2. The van der Waals surface area contributed by atoms with E-state index in [1.165, 1.54) is 5.56 Å². The Bertz CT molecular complexity index is 634. The third kappa shape index (κ3) is 3.36. The monoisotopic (exact) mass is 299 g/mol. The summed E-state index contributed by atoms with van der Waals surface area (Å²) in [6, 6.07) is 7.83. The fourth-order valence-electron chi connectivity index (χ4n) is 2.88. The van der Waals surface area contributed by atoms with Gasteiger partial charge >= 0.3 is 0 Å². The maximum absolute atomic E-state index is 12.2. The minimum absolute atomic E-state index is 0.0564. The first kappa shape index (κ1) is 14.8. The van der Waals surface area contributed by atoms with Gasteiger partial charge in [-0.3, -0.25) is 4.79 Å². The summed E-state index contributed by atoms with van der Waals surface area (Å²) in [5.41, 5.74) is 3.22. The highest BCUT2D eigenvalue weighted by atomic mass is 16.3. The number of hydrogen-bond donors (Lipinski definition) is 2. The summed E-state index contributed by atoms with van der Waals surface area (Å²) in [4.78, 5) is 16.4. The predicted molar refractivity (Wildman–Crippen MR) is 83.1 cm³/mol. The van der Waals surface area contributed by atoms with Crippen LogP contribution < -0.4 is 5.32 Å². The average Bonchev–Trinajstić information content (AvgIpc) is 3.03. The Hall–Kier alpha value is -2.14. The van der Waals surface area contributed by atoms with Crippen LogP contribution in [-0.4, -0.2) is 27.1 Å². The summed E-state index contributed by atoms with van der Waals surface area (Å²) >= 11 is 0. The van der Waals surface area contributed by atoms with Gasteiger partial charge in [-0.2, -0.15) is 0 Å². The van der Waals surface area contributed by atoms with E-state index in [1.54, 1.807) is 0 Å². The van der Waals surface area contributed by atoms with Gasteiger partial charge in [0.2, 0.25) is 5.91 Å². The fraction of sp³-hybridized carbons (Fsp3) is 0.412. The molecule has 0 spiro atoms. The molecule has 0 saturated heterocycles. The number of aliphatic hydroxyl groups is 1. The molecule has 1 amide bonds. The van der Waals surface area contributed by atoms with Gasteiger partial charge in [0, 0.05) is 37.3 Å². The quantitative estimate of drug-likeness (QED) is 0.874. The molecule has 1 atom stereocenters. The van der Waals surface area contributed by atoms with E-state index in [2.05, 4.69) is 14.9 Å². The zero-order chi connectivity index (χ0) is 15.4. The van der Waals surface area contributed by atoms with E-state index >= 15 is 0 Å². The van der Waals surface area contributed by atoms with Crippen molar-refractivity contribution in [2.75, 3.05) is 6.54 Å². The second-order valence-corrected chi connectivity index (χ2v) is 5.78. The molecule has 1 aliphatic heterocycles. The number of benzene rings is 1. The number of rotatable bonds is 5. The van der Waals surface area contributed by atoms with Crippen LogP contribution in [0.3, 0.4) is 0 Å². The smallest absolute Gasteiger partial charge is 0.223 e. The highest BCUT2D eigenvalue weighted by molar-refractivity contribution is 5.79. The standard InChI is InChI=1S/C17H21N3O2/c21-11-14-3-1-13(2-4-14)5-7-19-17(22)15-6-8-20-12-18-10-16(20)9-15/h1-4,10,12,15,21H,5-9,11H2,(H,19,22). The number of hydrogen-bond acceptors (Lipinski definition) is 3. The first-order valence-corrected chi connectivity index (χ1v) is 7.71. The Balaban J connectivity index is 1.46. The Morgan fingerprint density at radius 2 is 2.09 bits per heavy atom. The van der Waals surface area contributed by atoms with Crippen LogP contribution in [0.1, 0.15) is 23.2 Å². The molecule has 5 nitrogen and oxygen atoms in total. The highest BCUT2D eigenvalue weighted by Gasteiger charge is 2.24. The molecule has 5 heteroatoms. The zero-order valence-corrected chi connectivity index (χ0v) is 12.5. The van der Waals surface area contributed by atoms with E-state index in [0.717, 1.165) is 37.1 Å². The Morgan fingerprint density at radius 3 is 2.86 bits per heavy atom. The maximum Gasteiger partial charge on any atom is 0.223 e. The number of nitrogens with one attached hydrogen (secondary N) is 1. The Morgan fingerprint density at radius 1 is 1.32 bits per heavy atom. The van der Waals surface area contributed by atoms with E-state index in [-0.39, 0.29) is 18.4 Å². The van der Waals surface area contributed by atoms with Crippen molar-refractivity contribution >= 4 is 5.91 Å². The van der Waals surface area contributed by atoms with Gasteiger partial charge in [0.05, 0.1) is 12.9 Å². The third-order valence-electron chi connectivity index (χ3n) is 4.26. The molecule has 0 radical (unpaired) electrons. The van der Waals surface area contributed by atoms with Crippen molar-refractivity contribution in [2.45, 2.75) is 32.4 Å². The zero-order valence-electron chi connectivity index (χ0n) is 12.5. The molecule has 2 heterocycles. The van der Waals surface area contributed by atoms with Gasteiger partial charge in [0.1, 0.15) is 0 Å². The van der Waals surface area contributed by atoms with Crippen LogP contribution in [-0.2, 0) is 30.8 Å². The van der Waals surface area contributed by atoms with Crippen molar-refractivity contribution in [1.29, 1.82) is 0 Å². The van der Waals surface area contributed by atoms with Gasteiger partial charge in [-0.25, -0.2) is 4.98 Å². The molecule has 1 aromatic heterocycles. The number of fused-ring (bicyclic) bond motifs is 1. The summed E-state index contributed by atoms with van der Waals surface area (Å²) in [5.74, 6) is 0.195. The first-order valence-electron chi connectivity index (χ1n) is 7.71. The second-order valence-electron chi connectivity index (χ2n) is 5.78. The lowest BCUT2D eigenvalue weighted by Crippen LogP contribution is -2.36. The van der Waals surface area contributed by atoms with Crippen molar-refractivity contribution in [3.05, 3.63) is 53.6 Å². The molecule has 0 fully saturated rings. The van der Waals surface area contributed by atoms with Gasteiger partial charge in [-0.1, -0.05) is 24.3 Å². The van der Waals surface area contributed by atoms with Gasteiger partial charge in [-0.15, -0.1) is 0 Å². The summed E-state index contributed by atoms with van der Waals surface area (Å²) < 4.78 is 2.12. The molecule has 3 rings (SSSR count). The van der Waals surface area contributed by atoms with E-state index in [1.807, 2.05) is 36.8 Å². The van der Waals surface area contributed by atoms with Crippen LogP contribution in [0.5, 0.6) is 0 Å². The third-order valence-corrected chi connectivity index (χ3v) is 4.26. The van der Waals surface area contributed by atoms with Crippen molar-refractivity contribution in [2.24, 2.45) is 5.92 Å². The van der Waals surface area contributed by atoms with E-state index < -0.39 is 0 Å². The summed E-state index contributed by atoms with van der Waals surface area (Å²) in [6.07, 6.45) is 6.14. The van der Waals surface area contributed by atoms with Gasteiger partial charge in [0.25, 0.3) is 0 Å². The van der Waals surface area contributed by atoms with Crippen LogP contribution in [0, 0.1) is 5.92 Å². The molecule has 2 aromatic rings. The lowest BCUT2D eigenvalue weighted by atomic mass is 9.95. The largest absolute Gasteiger partial charge is 0.392 e. The minimum atomic E-state index is 0.0564. The van der Waals surface area contributed by atoms with Crippen LogP contribution in [0.25, 0.3) is 0 Å².